The van der Waals surface area contributed by atoms with Gasteiger partial charge in [0.2, 0.25) is 0 Å². The van der Waals surface area contributed by atoms with Gasteiger partial charge in [0.1, 0.15) is 5.82 Å². The molecule has 1 unspecified atom stereocenters. The van der Waals surface area contributed by atoms with Gasteiger partial charge in [0.15, 0.2) is 0 Å². The Kier molecular flexibility index (Phi) is 5.73. The zero-order valence-electron chi connectivity index (χ0n) is 8.53. The summed E-state index contributed by atoms with van der Waals surface area (Å²) in [6, 6.07) is 6.44. The standard InChI is InChI=1S/C11H16FN.ClH/c1-3-8(2)11(13)9-4-6-10(12)7-5-9;/h4-8,11H,3,13H2,1-2H3;1H/t8?,11-;/m0./s1. The zero-order chi connectivity index (χ0) is 9.84. The molecule has 2 atom stereocenters. The highest BCUT2D eigenvalue weighted by atomic mass is 35.5. The molecule has 0 saturated carbocycles. The quantitative estimate of drug-likeness (QED) is 0.826. The lowest BCUT2D eigenvalue weighted by Gasteiger charge is -2.18. The van der Waals surface area contributed by atoms with Gasteiger partial charge >= 0.3 is 0 Å². The molecule has 3 heteroatoms. The maximum Gasteiger partial charge on any atom is 0.123 e. The number of nitrogens with two attached hydrogens (primary N) is 1. The fourth-order valence-corrected chi connectivity index (χ4v) is 1.27. The molecule has 0 aliphatic carbocycles. The molecule has 1 nitrogen and oxygen atoms in total. The molecule has 0 saturated heterocycles. The van der Waals surface area contributed by atoms with Gasteiger partial charge in [-0.25, -0.2) is 4.39 Å². The highest BCUT2D eigenvalue weighted by Gasteiger charge is 2.12. The third-order valence-electron chi connectivity index (χ3n) is 2.51. The number of hydrogen-bond donors (Lipinski definition) is 1. The molecule has 1 rings (SSSR count). The molecule has 80 valence electrons. The van der Waals surface area contributed by atoms with E-state index in [1.54, 1.807) is 12.1 Å². The average molecular weight is 218 g/mol. The lowest BCUT2D eigenvalue weighted by atomic mass is 9.93. The van der Waals surface area contributed by atoms with Crippen LogP contribution in [0.15, 0.2) is 24.3 Å². The lowest BCUT2D eigenvalue weighted by molar-refractivity contribution is 0.456. The second-order valence-electron chi connectivity index (χ2n) is 3.46. The number of hydrogen-bond acceptors (Lipinski definition) is 1. The van der Waals surface area contributed by atoms with Crippen molar-refractivity contribution < 1.29 is 4.39 Å². The Labute approximate surface area is 90.9 Å². The van der Waals surface area contributed by atoms with Gasteiger partial charge in [-0.15, -0.1) is 12.4 Å². The highest BCUT2D eigenvalue weighted by molar-refractivity contribution is 5.85. The summed E-state index contributed by atoms with van der Waals surface area (Å²) in [5.74, 6) is 0.227. The lowest BCUT2D eigenvalue weighted by Crippen LogP contribution is -2.18. The van der Waals surface area contributed by atoms with Crippen LogP contribution in [0.25, 0.3) is 0 Å². The molecule has 0 amide bonds. The Morgan fingerprint density at radius 3 is 2.21 bits per heavy atom. The first-order valence-electron chi connectivity index (χ1n) is 4.66. The molecule has 1 aromatic carbocycles. The van der Waals surface area contributed by atoms with E-state index in [9.17, 15) is 4.39 Å². The molecular formula is C11H17ClFN. The Morgan fingerprint density at radius 1 is 1.29 bits per heavy atom. The Bertz CT molecular complexity index is 260. The number of halogens is 2. The van der Waals surface area contributed by atoms with E-state index in [2.05, 4.69) is 13.8 Å². The van der Waals surface area contributed by atoms with Crippen LogP contribution >= 0.6 is 12.4 Å². The Hall–Kier alpha value is -0.600. The van der Waals surface area contributed by atoms with Crippen molar-refractivity contribution in [2.75, 3.05) is 0 Å². The predicted octanol–water partition coefficient (Wildman–Crippen LogP) is 3.29. The number of rotatable bonds is 3. The van der Waals surface area contributed by atoms with E-state index in [-0.39, 0.29) is 24.3 Å². The largest absolute Gasteiger partial charge is 0.324 e. The monoisotopic (exact) mass is 217 g/mol. The molecule has 0 fully saturated rings. The van der Waals surface area contributed by atoms with E-state index in [1.165, 1.54) is 12.1 Å². The fraction of sp³-hybridized carbons (Fsp3) is 0.455. The summed E-state index contributed by atoms with van der Waals surface area (Å²) in [5, 5.41) is 0. The zero-order valence-corrected chi connectivity index (χ0v) is 9.35. The molecule has 0 radical (unpaired) electrons. The van der Waals surface area contributed by atoms with Crippen LogP contribution in [0.3, 0.4) is 0 Å². The molecule has 0 bridgehead atoms. The summed E-state index contributed by atoms with van der Waals surface area (Å²) in [5.41, 5.74) is 6.99. The van der Waals surface area contributed by atoms with Crippen molar-refractivity contribution in [3.8, 4) is 0 Å². The van der Waals surface area contributed by atoms with Crippen LogP contribution in [0.1, 0.15) is 31.9 Å². The SMILES string of the molecule is CCC(C)[C@H](N)c1ccc(F)cc1.Cl. The smallest absolute Gasteiger partial charge is 0.123 e. The van der Waals surface area contributed by atoms with Crippen LogP contribution in [-0.4, -0.2) is 0 Å². The average Bonchev–Trinajstić information content (AvgIpc) is 2.17. The van der Waals surface area contributed by atoms with Gasteiger partial charge in [0.05, 0.1) is 0 Å². The van der Waals surface area contributed by atoms with Crippen LogP contribution in [0.2, 0.25) is 0 Å². The molecule has 0 heterocycles. The normalized spacial score (nSPS) is 14.3. The Balaban J connectivity index is 0.00000169. The van der Waals surface area contributed by atoms with Gasteiger partial charge in [-0.1, -0.05) is 32.4 Å². The van der Waals surface area contributed by atoms with Crippen molar-refractivity contribution in [2.24, 2.45) is 11.7 Å². The van der Waals surface area contributed by atoms with E-state index in [4.69, 9.17) is 5.73 Å². The fourth-order valence-electron chi connectivity index (χ4n) is 1.27. The van der Waals surface area contributed by atoms with Crippen LogP contribution in [-0.2, 0) is 0 Å². The first-order chi connectivity index (χ1) is 6.15. The van der Waals surface area contributed by atoms with Crippen LogP contribution in [0.4, 0.5) is 4.39 Å². The minimum absolute atomic E-state index is 0. The molecule has 1 aromatic rings. The van der Waals surface area contributed by atoms with Crippen molar-refractivity contribution in [3.05, 3.63) is 35.6 Å². The van der Waals surface area contributed by atoms with Crippen molar-refractivity contribution in [1.82, 2.24) is 0 Å². The summed E-state index contributed by atoms with van der Waals surface area (Å²) in [4.78, 5) is 0. The van der Waals surface area contributed by atoms with Gasteiger partial charge in [-0.3, -0.25) is 0 Å². The molecular weight excluding hydrogens is 201 g/mol. The topological polar surface area (TPSA) is 26.0 Å². The summed E-state index contributed by atoms with van der Waals surface area (Å²) < 4.78 is 12.6. The minimum atomic E-state index is -0.208. The molecule has 2 N–H and O–H groups in total. The van der Waals surface area contributed by atoms with Crippen molar-refractivity contribution >= 4 is 12.4 Å². The second kappa shape index (κ2) is 5.99. The van der Waals surface area contributed by atoms with Crippen molar-refractivity contribution in [2.45, 2.75) is 26.3 Å². The summed E-state index contributed by atoms with van der Waals surface area (Å²) >= 11 is 0. The number of benzene rings is 1. The van der Waals surface area contributed by atoms with E-state index >= 15 is 0 Å². The Morgan fingerprint density at radius 2 is 1.79 bits per heavy atom. The van der Waals surface area contributed by atoms with E-state index in [0.29, 0.717) is 5.92 Å². The van der Waals surface area contributed by atoms with Gasteiger partial charge in [-0.2, -0.15) is 0 Å². The minimum Gasteiger partial charge on any atom is -0.324 e. The third kappa shape index (κ3) is 3.28. The summed E-state index contributed by atoms with van der Waals surface area (Å²) in [6.07, 6.45) is 1.04. The first kappa shape index (κ1) is 13.4. The van der Waals surface area contributed by atoms with E-state index in [0.717, 1.165) is 12.0 Å². The van der Waals surface area contributed by atoms with Gasteiger partial charge in [-0.05, 0) is 23.6 Å². The summed E-state index contributed by atoms with van der Waals surface area (Å²) in [6.45, 7) is 4.21. The first-order valence-corrected chi connectivity index (χ1v) is 4.66. The maximum absolute atomic E-state index is 12.6. The van der Waals surface area contributed by atoms with Gasteiger partial charge in [0.25, 0.3) is 0 Å². The van der Waals surface area contributed by atoms with Gasteiger partial charge in [0, 0.05) is 6.04 Å². The molecule has 0 aliphatic heterocycles. The molecule has 0 spiro atoms. The van der Waals surface area contributed by atoms with Crippen LogP contribution < -0.4 is 5.73 Å². The predicted molar refractivity (Wildman–Crippen MR) is 60.0 cm³/mol. The highest BCUT2D eigenvalue weighted by Crippen LogP contribution is 2.21. The molecule has 0 aliphatic rings. The molecule has 14 heavy (non-hydrogen) atoms. The van der Waals surface area contributed by atoms with E-state index in [1.807, 2.05) is 0 Å². The van der Waals surface area contributed by atoms with Gasteiger partial charge < -0.3 is 5.73 Å². The summed E-state index contributed by atoms with van der Waals surface area (Å²) in [7, 11) is 0. The van der Waals surface area contributed by atoms with Crippen LogP contribution in [0, 0.1) is 11.7 Å². The maximum atomic E-state index is 12.6. The van der Waals surface area contributed by atoms with E-state index < -0.39 is 0 Å². The van der Waals surface area contributed by atoms with Crippen LogP contribution in [0.5, 0.6) is 0 Å². The van der Waals surface area contributed by atoms with Crippen molar-refractivity contribution in [3.63, 3.8) is 0 Å². The van der Waals surface area contributed by atoms with Crippen molar-refractivity contribution in [1.29, 1.82) is 0 Å². The third-order valence-corrected chi connectivity index (χ3v) is 2.51. The molecule has 0 aromatic heterocycles. The second-order valence-corrected chi connectivity index (χ2v) is 3.46.